The number of rotatable bonds is 6. The van der Waals surface area contributed by atoms with Crippen LogP contribution in [0.4, 0.5) is 5.82 Å². The Hall–Kier alpha value is -3.84. The highest BCUT2D eigenvalue weighted by Gasteiger charge is 2.38. The molecule has 7 heteroatoms. The van der Waals surface area contributed by atoms with Gasteiger partial charge in [-0.05, 0) is 50.5 Å². The Kier molecular flexibility index (Phi) is 7.38. The van der Waals surface area contributed by atoms with E-state index in [1.54, 1.807) is 16.7 Å². The van der Waals surface area contributed by atoms with Crippen molar-refractivity contribution in [1.29, 1.82) is 0 Å². The molecule has 2 heterocycles. The SMILES string of the molecule is Cc1ccccc1C1SCC(=O)N(CC(=O)NC(C)C)c2c1c(-c1ccccc1)nn2-c1ccccc1C. The molecule has 0 radical (unpaired) electrons. The van der Waals surface area contributed by atoms with Crippen LogP contribution in [0.3, 0.4) is 0 Å². The summed E-state index contributed by atoms with van der Waals surface area (Å²) in [6, 6.07) is 26.4. The minimum Gasteiger partial charge on any atom is -0.352 e. The average molecular weight is 525 g/mol. The van der Waals surface area contributed by atoms with E-state index in [-0.39, 0.29) is 35.4 Å². The average Bonchev–Trinajstić information content (AvgIpc) is 3.22. The molecule has 1 N–H and O–H groups in total. The summed E-state index contributed by atoms with van der Waals surface area (Å²) in [5, 5.41) is 7.99. The maximum absolute atomic E-state index is 13.8. The molecule has 0 bridgehead atoms. The van der Waals surface area contributed by atoms with Gasteiger partial charge in [-0.1, -0.05) is 72.8 Å². The first-order chi connectivity index (χ1) is 18.3. The molecule has 1 aliphatic heterocycles. The van der Waals surface area contributed by atoms with E-state index in [9.17, 15) is 9.59 Å². The summed E-state index contributed by atoms with van der Waals surface area (Å²) >= 11 is 1.59. The van der Waals surface area contributed by atoms with Crippen LogP contribution in [0.15, 0.2) is 78.9 Å². The van der Waals surface area contributed by atoms with E-state index in [1.165, 1.54) is 0 Å². The second-order valence-electron chi connectivity index (χ2n) is 9.90. The lowest BCUT2D eigenvalue weighted by Crippen LogP contribution is -2.44. The third-order valence-corrected chi connectivity index (χ3v) is 7.94. The number of hydrogen-bond donors (Lipinski definition) is 1. The predicted octanol–water partition coefficient (Wildman–Crippen LogP) is 5.85. The maximum Gasteiger partial charge on any atom is 0.240 e. The Morgan fingerprint density at radius 2 is 1.63 bits per heavy atom. The number of para-hydroxylation sites is 1. The fraction of sp³-hybridized carbons (Fsp3) is 0.258. The van der Waals surface area contributed by atoms with Crippen molar-refractivity contribution in [3.8, 4) is 16.9 Å². The molecule has 3 aromatic carbocycles. The summed E-state index contributed by atoms with van der Waals surface area (Å²) < 4.78 is 1.87. The van der Waals surface area contributed by atoms with Crippen LogP contribution < -0.4 is 10.2 Å². The van der Waals surface area contributed by atoms with Gasteiger partial charge in [0.15, 0.2) is 0 Å². The Balaban J connectivity index is 1.83. The molecule has 5 rings (SSSR count). The van der Waals surface area contributed by atoms with E-state index >= 15 is 0 Å². The summed E-state index contributed by atoms with van der Waals surface area (Å²) in [6.07, 6.45) is 0. The van der Waals surface area contributed by atoms with Gasteiger partial charge in [0.05, 0.1) is 22.4 Å². The van der Waals surface area contributed by atoms with Crippen molar-refractivity contribution < 1.29 is 9.59 Å². The van der Waals surface area contributed by atoms with Crippen molar-refractivity contribution in [1.82, 2.24) is 15.1 Å². The van der Waals surface area contributed by atoms with Crippen LogP contribution in [-0.2, 0) is 9.59 Å². The second kappa shape index (κ2) is 10.9. The zero-order valence-corrected chi connectivity index (χ0v) is 23.0. The fourth-order valence-electron chi connectivity index (χ4n) is 4.94. The van der Waals surface area contributed by atoms with Crippen LogP contribution in [0, 0.1) is 13.8 Å². The predicted molar refractivity (Wildman–Crippen MR) is 155 cm³/mol. The molecule has 0 aliphatic carbocycles. The van der Waals surface area contributed by atoms with Crippen LogP contribution >= 0.6 is 11.8 Å². The summed E-state index contributed by atoms with van der Waals surface area (Å²) in [4.78, 5) is 28.4. The van der Waals surface area contributed by atoms with Gasteiger partial charge in [0.25, 0.3) is 0 Å². The normalized spacial score (nSPS) is 15.3. The number of nitrogens with one attached hydrogen (secondary N) is 1. The molecule has 38 heavy (non-hydrogen) atoms. The van der Waals surface area contributed by atoms with Crippen molar-refractivity contribution >= 4 is 29.4 Å². The number of thioether (sulfide) groups is 1. The van der Waals surface area contributed by atoms with Gasteiger partial charge in [0, 0.05) is 17.2 Å². The first kappa shape index (κ1) is 25.8. The molecule has 1 unspecified atom stereocenters. The van der Waals surface area contributed by atoms with E-state index in [1.807, 2.05) is 92.2 Å². The second-order valence-corrected chi connectivity index (χ2v) is 11.0. The summed E-state index contributed by atoms with van der Waals surface area (Å²) in [5.41, 5.74) is 6.93. The van der Waals surface area contributed by atoms with Gasteiger partial charge in [-0.2, -0.15) is 5.10 Å². The zero-order valence-electron chi connectivity index (χ0n) is 22.1. The number of carbonyl (C=O) groups excluding carboxylic acids is 2. The fourth-order valence-corrected chi connectivity index (χ4v) is 6.23. The number of carbonyl (C=O) groups is 2. The minimum absolute atomic E-state index is 0.0284. The summed E-state index contributed by atoms with van der Waals surface area (Å²) in [6.45, 7) is 7.90. The molecule has 0 saturated carbocycles. The van der Waals surface area contributed by atoms with Crippen molar-refractivity contribution in [2.24, 2.45) is 0 Å². The van der Waals surface area contributed by atoms with E-state index < -0.39 is 0 Å². The Morgan fingerprint density at radius 1 is 0.974 bits per heavy atom. The van der Waals surface area contributed by atoms with Crippen LogP contribution in [0.2, 0.25) is 0 Å². The summed E-state index contributed by atoms with van der Waals surface area (Å²) in [7, 11) is 0. The first-order valence-corrected chi connectivity index (χ1v) is 13.9. The number of anilines is 1. The van der Waals surface area contributed by atoms with Crippen LogP contribution in [-0.4, -0.2) is 39.9 Å². The Labute approximate surface area is 228 Å². The van der Waals surface area contributed by atoms with Gasteiger partial charge >= 0.3 is 0 Å². The number of aryl methyl sites for hydroxylation is 2. The van der Waals surface area contributed by atoms with Crippen LogP contribution in [0.25, 0.3) is 16.9 Å². The zero-order chi connectivity index (χ0) is 26.8. The van der Waals surface area contributed by atoms with E-state index in [2.05, 4.69) is 24.4 Å². The molecule has 1 atom stereocenters. The molecule has 0 saturated heterocycles. The molecule has 2 amide bonds. The molecule has 0 fully saturated rings. The number of benzene rings is 3. The van der Waals surface area contributed by atoms with Gasteiger partial charge in [-0.3, -0.25) is 14.5 Å². The standard InChI is InChI=1S/C31H32N4O2S/c1-20(2)32-26(36)18-34-27(37)19-38-30(24-16-10-8-12-21(24)3)28-29(23-14-6-5-7-15-23)33-35(31(28)34)25-17-11-9-13-22(25)4/h5-17,20,30H,18-19H2,1-4H3,(H,32,36). The van der Waals surface area contributed by atoms with Crippen molar-refractivity contribution in [2.45, 2.75) is 39.0 Å². The molecule has 1 aromatic heterocycles. The van der Waals surface area contributed by atoms with E-state index in [4.69, 9.17) is 5.10 Å². The molecule has 0 spiro atoms. The lowest BCUT2D eigenvalue weighted by Gasteiger charge is -2.24. The highest BCUT2D eigenvalue weighted by molar-refractivity contribution is 8.00. The number of fused-ring (bicyclic) bond motifs is 1. The Bertz CT molecular complexity index is 1480. The van der Waals surface area contributed by atoms with Crippen molar-refractivity contribution in [3.05, 3.63) is 101 Å². The van der Waals surface area contributed by atoms with Crippen LogP contribution in [0.5, 0.6) is 0 Å². The number of aromatic nitrogens is 2. The molecule has 4 aromatic rings. The molecule has 194 valence electrons. The topological polar surface area (TPSA) is 67.2 Å². The lowest BCUT2D eigenvalue weighted by molar-refractivity contribution is -0.123. The third-order valence-electron chi connectivity index (χ3n) is 6.70. The molecule has 1 aliphatic rings. The number of amides is 2. The molecule has 6 nitrogen and oxygen atoms in total. The van der Waals surface area contributed by atoms with Gasteiger partial charge in [-0.15, -0.1) is 11.8 Å². The van der Waals surface area contributed by atoms with Crippen molar-refractivity contribution in [3.63, 3.8) is 0 Å². The largest absolute Gasteiger partial charge is 0.352 e. The van der Waals surface area contributed by atoms with Crippen molar-refractivity contribution in [2.75, 3.05) is 17.2 Å². The van der Waals surface area contributed by atoms with Crippen LogP contribution in [0.1, 0.15) is 41.4 Å². The lowest BCUT2D eigenvalue weighted by atomic mass is 9.96. The van der Waals surface area contributed by atoms with E-state index in [0.717, 1.165) is 39.2 Å². The minimum atomic E-state index is -0.197. The number of hydrogen-bond acceptors (Lipinski definition) is 4. The summed E-state index contributed by atoms with van der Waals surface area (Å²) in [5.74, 6) is 0.600. The first-order valence-electron chi connectivity index (χ1n) is 12.9. The van der Waals surface area contributed by atoms with Gasteiger partial charge < -0.3 is 5.32 Å². The molecular weight excluding hydrogens is 492 g/mol. The Morgan fingerprint density at radius 3 is 2.32 bits per heavy atom. The monoisotopic (exact) mass is 524 g/mol. The smallest absolute Gasteiger partial charge is 0.240 e. The molecular formula is C31H32N4O2S. The van der Waals surface area contributed by atoms with Gasteiger partial charge in [0.2, 0.25) is 11.8 Å². The highest BCUT2D eigenvalue weighted by Crippen LogP contribution is 2.49. The third kappa shape index (κ3) is 4.98. The quantitative estimate of drug-likeness (QED) is 0.344. The van der Waals surface area contributed by atoms with Gasteiger partial charge in [-0.25, -0.2) is 4.68 Å². The van der Waals surface area contributed by atoms with E-state index in [0.29, 0.717) is 5.82 Å². The number of nitrogens with zero attached hydrogens (tertiary/aromatic N) is 3. The highest BCUT2D eigenvalue weighted by atomic mass is 32.2. The van der Waals surface area contributed by atoms with Gasteiger partial charge in [0.1, 0.15) is 12.4 Å². The maximum atomic E-state index is 13.8.